The lowest BCUT2D eigenvalue weighted by molar-refractivity contribution is -0.179. The number of hydrogen-bond donors (Lipinski definition) is 1. The van der Waals surface area contributed by atoms with Crippen LogP contribution in [0.5, 0.6) is 0 Å². The van der Waals surface area contributed by atoms with Gasteiger partial charge in [0, 0.05) is 12.6 Å². The third-order valence-electron chi connectivity index (χ3n) is 2.74. The molecule has 14 heavy (non-hydrogen) atoms. The molecule has 0 aromatic heterocycles. The smallest absolute Gasteiger partial charge is 0.313 e. The van der Waals surface area contributed by atoms with Crippen LogP contribution in [0.15, 0.2) is 0 Å². The number of hydrogen-bond acceptors (Lipinski definition) is 1. The van der Waals surface area contributed by atoms with Gasteiger partial charge in [-0.1, -0.05) is 13.8 Å². The number of rotatable bonds is 2. The van der Waals surface area contributed by atoms with Crippen molar-refractivity contribution in [3.05, 3.63) is 0 Å². The summed E-state index contributed by atoms with van der Waals surface area (Å²) in [7, 11) is 0. The Hall–Kier alpha value is -0.250. The standard InChI is InChI=1S/C10H18F3N/c1-7(2)5-9-4-3-8(6-14-9)10(11,12)13/h7-9,14H,3-6H2,1-2H3. The topological polar surface area (TPSA) is 12.0 Å². The lowest BCUT2D eigenvalue weighted by atomic mass is 9.90. The molecule has 1 aliphatic heterocycles. The number of nitrogens with one attached hydrogen (secondary N) is 1. The molecular formula is C10H18F3N. The summed E-state index contributed by atoms with van der Waals surface area (Å²) in [4.78, 5) is 0. The summed E-state index contributed by atoms with van der Waals surface area (Å²) in [5, 5.41) is 2.99. The van der Waals surface area contributed by atoms with Gasteiger partial charge in [-0.3, -0.25) is 0 Å². The lowest BCUT2D eigenvalue weighted by Crippen LogP contribution is -2.44. The normalized spacial score (nSPS) is 29.6. The van der Waals surface area contributed by atoms with E-state index in [4.69, 9.17) is 0 Å². The molecule has 0 radical (unpaired) electrons. The average Bonchev–Trinajstić information content (AvgIpc) is 2.02. The number of halogens is 3. The number of piperidine rings is 1. The molecule has 1 heterocycles. The van der Waals surface area contributed by atoms with E-state index in [-0.39, 0.29) is 19.0 Å². The molecule has 0 aromatic carbocycles. The fourth-order valence-electron chi connectivity index (χ4n) is 1.97. The van der Waals surface area contributed by atoms with E-state index in [0.29, 0.717) is 12.3 Å². The summed E-state index contributed by atoms with van der Waals surface area (Å²) in [5.74, 6) is -0.583. The van der Waals surface area contributed by atoms with E-state index in [1.807, 2.05) is 0 Å². The maximum atomic E-state index is 12.3. The summed E-state index contributed by atoms with van der Waals surface area (Å²) in [6, 6.07) is 0.286. The van der Waals surface area contributed by atoms with Crippen LogP contribution in [0.2, 0.25) is 0 Å². The molecule has 4 heteroatoms. The molecule has 0 aliphatic carbocycles. The first-order valence-electron chi connectivity index (χ1n) is 5.19. The SMILES string of the molecule is CC(C)CC1CCC(C(F)(F)F)CN1. The van der Waals surface area contributed by atoms with Gasteiger partial charge in [0.15, 0.2) is 0 Å². The Balaban J connectivity index is 2.31. The summed E-state index contributed by atoms with van der Waals surface area (Å²) in [6.45, 7) is 4.29. The van der Waals surface area contributed by atoms with E-state index < -0.39 is 12.1 Å². The zero-order chi connectivity index (χ0) is 10.8. The summed E-state index contributed by atoms with van der Waals surface area (Å²) < 4.78 is 36.9. The van der Waals surface area contributed by atoms with Gasteiger partial charge in [-0.25, -0.2) is 0 Å². The Morgan fingerprint density at radius 2 is 1.93 bits per heavy atom. The van der Waals surface area contributed by atoms with Crippen LogP contribution in [-0.2, 0) is 0 Å². The molecule has 1 saturated heterocycles. The van der Waals surface area contributed by atoms with Crippen molar-refractivity contribution in [2.45, 2.75) is 45.3 Å². The molecule has 2 atom stereocenters. The van der Waals surface area contributed by atoms with Crippen molar-refractivity contribution < 1.29 is 13.2 Å². The van der Waals surface area contributed by atoms with Crippen LogP contribution in [0.3, 0.4) is 0 Å². The van der Waals surface area contributed by atoms with Gasteiger partial charge in [-0.05, 0) is 25.2 Å². The molecule has 1 fully saturated rings. The third-order valence-corrected chi connectivity index (χ3v) is 2.74. The van der Waals surface area contributed by atoms with E-state index in [1.165, 1.54) is 0 Å². The minimum Gasteiger partial charge on any atom is -0.313 e. The second-order valence-corrected chi connectivity index (χ2v) is 4.55. The van der Waals surface area contributed by atoms with Crippen molar-refractivity contribution in [2.75, 3.05) is 6.54 Å². The summed E-state index contributed by atoms with van der Waals surface area (Å²) >= 11 is 0. The fraction of sp³-hybridized carbons (Fsp3) is 1.00. The molecule has 1 rings (SSSR count). The predicted molar refractivity (Wildman–Crippen MR) is 50.0 cm³/mol. The van der Waals surface area contributed by atoms with Crippen molar-refractivity contribution in [1.82, 2.24) is 5.32 Å². The maximum absolute atomic E-state index is 12.3. The second-order valence-electron chi connectivity index (χ2n) is 4.55. The molecule has 1 N–H and O–H groups in total. The largest absolute Gasteiger partial charge is 0.393 e. The van der Waals surface area contributed by atoms with Crippen LogP contribution >= 0.6 is 0 Å². The van der Waals surface area contributed by atoms with E-state index in [0.717, 1.165) is 6.42 Å². The molecule has 0 aromatic rings. The first-order valence-corrected chi connectivity index (χ1v) is 5.19. The van der Waals surface area contributed by atoms with Gasteiger partial charge in [0.05, 0.1) is 5.92 Å². The first-order chi connectivity index (χ1) is 6.39. The molecule has 1 nitrogen and oxygen atoms in total. The first kappa shape index (κ1) is 11.8. The highest BCUT2D eigenvalue weighted by molar-refractivity contribution is 4.81. The van der Waals surface area contributed by atoms with Crippen molar-refractivity contribution in [3.8, 4) is 0 Å². The number of alkyl halides is 3. The van der Waals surface area contributed by atoms with Gasteiger partial charge >= 0.3 is 6.18 Å². The molecule has 84 valence electrons. The quantitative estimate of drug-likeness (QED) is 0.737. The van der Waals surface area contributed by atoms with Crippen molar-refractivity contribution >= 4 is 0 Å². The highest BCUT2D eigenvalue weighted by atomic mass is 19.4. The van der Waals surface area contributed by atoms with Crippen molar-refractivity contribution in [3.63, 3.8) is 0 Å². The van der Waals surface area contributed by atoms with Crippen LogP contribution in [0.4, 0.5) is 13.2 Å². The molecular weight excluding hydrogens is 191 g/mol. The zero-order valence-electron chi connectivity index (χ0n) is 8.69. The van der Waals surface area contributed by atoms with Gasteiger partial charge in [0.25, 0.3) is 0 Å². The summed E-state index contributed by atoms with van der Waals surface area (Å²) in [5.41, 5.74) is 0. The molecule has 1 aliphatic rings. The third kappa shape index (κ3) is 3.48. The maximum Gasteiger partial charge on any atom is 0.393 e. The van der Waals surface area contributed by atoms with Crippen molar-refractivity contribution in [1.29, 1.82) is 0 Å². The Bertz CT molecular complexity index is 169. The van der Waals surface area contributed by atoms with E-state index >= 15 is 0 Å². The van der Waals surface area contributed by atoms with E-state index in [9.17, 15) is 13.2 Å². The van der Waals surface area contributed by atoms with Gasteiger partial charge in [0.2, 0.25) is 0 Å². The minimum atomic E-state index is -4.02. The molecule has 0 saturated carbocycles. The summed E-state index contributed by atoms with van der Waals surface area (Å²) in [6.07, 6.45) is -2.10. The van der Waals surface area contributed by atoms with Gasteiger partial charge in [0.1, 0.15) is 0 Å². The van der Waals surface area contributed by atoms with Crippen LogP contribution in [0.1, 0.15) is 33.1 Å². The van der Waals surface area contributed by atoms with Crippen molar-refractivity contribution in [2.24, 2.45) is 11.8 Å². The highest BCUT2D eigenvalue weighted by Gasteiger charge is 2.41. The Labute approximate surface area is 83.1 Å². The minimum absolute atomic E-state index is 0.0981. The average molecular weight is 209 g/mol. The Morgan fingerprint density at radius 3 is 2.29 bits per heavy atom. The van der Waals surface area contributed by atoms with Crippen LogP contribution in [-0.4, -0.2) is 18.8 Å². The zero-order valence-corrected chi connectivity index (χ0v) is 8.69. The molecule has 0 spiro atoms. The van der Waals surface area contributed by atoms with E-state index in [2.05, 4.69) is 19.2 Å². The Morgan fingerprint density at radius 1 is 1.29 bits per heavy atom. The van der Waals surface area contributed by atoms with Gasteiger partial charge < -0.3 is 5.32 Å². The predicted octanol–water partition coefficient (Wildman–Crippen LogP) is 2.96. The van der Waals surface area contributed by atoms with Crippen LogP contribution in [0, 0.1) is 11.8 Å². The monoisotopic (exact) mass is 209 g/mol. The lowest BCUT2D eigenvalue weighted by Gasteiger charge is -2.31. The van der Waals surface area contributed by atoms with E-state index in [1.54, 1.807) is 0 Å². The fourth-order valence-corrected chi connectivity index (χ4v) is 1.97. The van der Waals surface area contributed by atoms with Gasteiger partial charge in [-0.2, -0.15) is 13.2 Å². The molecule has 0 bridgehead atoms. The highest BCUT2D eigenvalue weighted by Crippen LogP contribution is 2.32. The van der Waals surface area contributed by atoms with Crippen LogP contribution in [0.25, 0.3) is 0 Å². The van der Waals surface area contributed by atoms with Gasteiger partial charge in [-0.15, -0.1) is 0 Å². The molecule has 0 amide bonds. The van der Waals surface area contributed by atoms with Crippen LogP contribution < -0.4 is 5.32 Å². The second kappa shape index (κ2) is 4.51. The molecule has 2 unspecified atom stereocenters. The Kier molecular flexibility index (Phi) is 3.81.